The van der Waals surface area contributed by atoms with Crippen LogP contribution in [0.3, 0.4) is 0 Å². The molecule has 2 aromatic heterocycles. The van der Waals surface area contributed by atoms with E-state index in [1.165, 1.54) is 5.69 Å². The maximum absolute atomic E-state index is 11.5. The zero-order valence-corrected chi connectivity index (χ0v) is 15.6. The second-order valence-corrected chi connectivity index (χ2v) is 7.24. The summed E-state index contributed by atoms with van der Waals surface area (Å²) in [5, 5.41) is 0. The third kappa shape index (κ3) is 3.10. The third-order valence-electron chi connectivity index (χ3n) is 5.12. The first-order valence-electron chi connectivity index (χ1n) is 8.27. The van der Waals surface area contributed by atoms with Gasteiger partial charge in [0.2, 0.25) is 0 Å². The van der Waals surface area contributed by atoms with Crippen molar-refractivity contribution in [1.82, 2.24) is 14.2 Å². The van der Waals surface area contributed by atoms with E-state index in [1.54, 1.807) is 0 Å². The van der Waals surface area contributed by atoms with Crippen LogP contribution in [-0.2, 0) is 0 Å². The number of carbonyl (C=O) groups is 1. The van der Waals surface area contributed by atoms with Gasteiger partial charge in [-0.2, -0.15) is 0 Å². The standard InChI is InChI=1S/C18H24BrN3O/c1-4-20-5-7-21(8-6-20)14(3)18-13(2)15(12-23)9-17-10-16(19)11-22(17)18/h9-12,14H,4-8H2,1-3H3. The SMILES string of the molecule is CCN1CCN(C(C)c2c(C)c(C=O)cc3cc(Br)cn23)CC1. The monoisotopic (exact) mass is 377 g/mol. The molecule has 0 aromatic carbocycles. The molecule has 4 nitrogen and oxygen atoms in total. The lowest BCUT2D eigenvalue weighted by Gasteiger charge is -2.38. The molecule has 2 aromatic rings. The van der Waals surface area contributed by atoms with Gasteiger partial charge < -0.3 is 9.30 Å². The van der Waals surface area contributed by atoms with Crippen molar-refractivity contribution < 1.29 is 4.79 Å². The summed E-state index contributed by atoms with van der Waals surface area (Å²) < 4.78 is 3.27. The maximum Gasteiger partial charge on any atom is 0.150 e. The minimum atomic E-state index is 0.288. The number of likely N-dealkylation sites (N-methyl/N-ethyl adjacent to an activating group) is 1. The normalized spacial score (nSPS) is 18.4. The Morgan fingerprint density at radius 3 is 2.57 bits per heavy atom. The molecule has 0 bridgehead atoms. The van der Waals surface area contributed by atoms with Crippen molar-refractivity contribution >= 4 is 27.7 Å². The van der Waals surface area contributed by atoms with Gasteiger partial charge in [0.15, 0.2) is 0 Å². The molecule has 5 heteroatoms. The molecule has 0 aliphatic carbocycles. The van der Waals surface area contributed by atoms with Gasteiger partial charge in [0.05, 0.1) is 0 Å². The number of nitrogens with zero attached hydrogens (tertiary/aromatic N) is 3. The Labute approximate surface area is 146 Å². The Hall–Kier alpha value is -1.17. The van der Waals surface area contributed by atoms with E-state index >= 15 is 0 Å². The molecule has 0 saturated carbocycles. The highest BCUT2D eigenvalue weighted by Crippen LogP contribution is 2.30. The fourth-order valence-corrected chi connectivity index (χ4v) is 4.08. The summed E-state index contributed by atoms with van der Waals surface area (Å²) in [5.74, 6) is 0. The molecule has 1 aliphatic rings. The minimum absolute atomic E-state index is 0.288. The highest BCUT2D eigenvalue weighted by Gasteiger charge is 2.25. The van der Waals surface area contributed by atoms with Gasteiger partial charge in [0.25, 0.3) is 0 Å². The second-order valence-electron chi connectivity index (χ2n) is 6.33. The van der Waals surface area contributed by atoms with Crippen LogP contribution in [0.5, 0.6) is 0 Å². The summed E-state index contributed by atoms with van der Waals surface area (Å²) in [6, 6.07) is 4.33. The summed E-state index contributed by atoms with van der Waals surface area (Å²) >= 11 is 3.56. The summed E-state index contributed by atoms with van der Waals surface area (Å²) in [7, 11) is 0. The van der Waals surface area contributed by atoms with Crippen LogP contribution in [-0.4, -0.2) is 53.2 Å². The van der Waals surface area contributed by atoms with Crippen molar-refractivity contribution in [3.05, 3.63) is 39.6 Å². The second kappa shape index (κ2) is 6.75. The van der Waals surface area contributed by atoms with Gasteiger partial charge in [-0.15, -0.1) is 0 Å². The van der Waals surface area contributed by atoms with Crippen LogP contribution in [0.1, 0.15) is 41.5 Å². The van der Waals surface area contributed by atoms with Crippen LogP contribution in [0.4, 0.5) is 0 Å². The van der Waals surface area contributed by atoms with Gasteiger partial charge in [0, 0.05) is 59.7 Å². The zero-order chi connectivity index (χ0) is 16.6. The molecule has 1 aliphatic heterocycles. The topological polar surface area (TPSA) is 28.0 Å². The van der Waals surface area contributed by atoms with Crippen LogP contribution < -0.4 is 0 Å². The summed E-state index contributed by atoms with van der Waals surface area (Å²) in [6.45, 7) is 12.0. The first-order chi connectivity index (χ1) is 11.0. The van der Waals surface area contributed by atoms with E-state index in [0.717, 1.165) is 60.1 Å². The molecule has 1 fully saturated rings. The van der Waals surface area contributed by atoms with E-state index < -0.39 is 0 Å². The van der Waals surface area contributed by atoms with Gasteiger partial charge in [-0.25, -0.2) is 0 Å². The fourth-order valence-electron chi connectivity index (χ4n) is 3.64. The number of piperazine rings is 1. The van der Waals surface area contributed by atoms with Gasteiger partial charge in [-0.05, 0) is 54.0 Å². The Morgan fingerprint density at radius 2 is 1.96 bits per heavy atom. The largest absolute Gasteiger partial charge is 0.318 e. The Kier molecular flexibility index (Phi) is 4.90. The van der Waals surface area contributed by atoms with E-state index in [4.69, 9.17) is 0 Å². The number of aldehydes is 1. The van der Waals surface area contributed by atoms with Gasteiger partial charge in [0.1, 0.15) is 6.29 Å². The molecule has 0 N–H and O–H groups in total. The van der Waals surface area contributed by atoms with Crippen molar-refractivity contribution in [2.45, 2.75) is 26.8 Å². The van der Waals surface area contributed by atoms with Gasteiger partial charge >= 0.3 is 0 Å². The number of carbonyl (C=O) groups excluding carboxylic acids is 1. The number of hydrogen-bond acceptors (Lipinski definition) is 3. The van der Waals surface area contributed by atoms with E-state index in [2.05, 4.69) is 63.2 Å². The number of rotatable bonds is 4. The first-order valence-corrected chi connectivity index (χ1v) is 9.07. The molecule has 0 spiro atoms. The molecule has 3 rings (SSSR count). The molecule has 0 amide bonds. The summed E-state index contributed by atoms with van der Waals surface area (Å²) in [6.07, 6.45) is 3.08. The molecule has 124 valence electrons. The quantitative estimate of drug-likeness (QED) is 0.762. The number of hydrogen-bond donors (Lipinski definition) is 0. The molecule has 0 radical (unpaired) electrons. The van der Waals surface area contributed by atoms with Gasteiger partial charge in [-0.3, -0.25) is 9.69 Å². The summed E-state index contributed by atoms with van der Waals surface area (Å²) in [4.78, 5) is 16.5. The van der Waals surface area contributed by atoms with Crippen molar-refractivity contribution in [1.29, 1.82) is 0 Å². The van der Waals surface area contributed by atoms with Crippen LogP contribution in [0.15, 0.2) is 22.8 Å². The van der Waals surface area contributed by atoms with E-state index in [-0.39, 0.29) is 6.04 Å². The van der Waals surface area contributed by atoms with Crippen molar-refractivity contribution in [2.24, 2.45) is 0 Å². The zero-order valence-electron chi connectivity index (χ0n) is 14.1. The van der Waals surface area contributed by atoms with Crippen molar-refractivity contribution in [3.63, 3.8) is 0 Å². The third-order valence-corrected chi connectivity index (χ3v) is 5.55. The molecule has 23 heavy (non-hydrogen) atoms. The number of pyridine rings is 1. The maximum atomic E-state index is 11.5. The fraction of sp³-hybridized carbons (Fsp3) is 0.500. The molecule has 1 saturated heterocycles. The molecular formula is C18H24BrN3O. The summed E-state index contributed by atoms with van der Waals surface area (Å²) in [5.41, 5.74) is 4.16. The van der Waals surface area contributed by atoms with Crippen LogP contribution in [0, 0.1) is 6.92 Å². The van der Waals surface area contributed by atoms with Gasteiger partial charge in [-0.1, -0.05) is 6.92 Å². The lowest BCUT2D eigenvalue weighted by Crippen LogP contribution is -2.47. The smallest absolute Gasteiger partial charge is 0.150 e. The van der Waals surface area contributed by atoms with Crippen LogP contribution in [0.2, 0.25) is 0 Å². The lowest BCUT2D eigenvalue weighted by molar-refractivity contribution is 0.103. The molecule has 1 atom stereocenters. The van der Waals surface area contributed by atoms with E-state index in [9.17, 15) is 4.79 Å². The van der Waals surface area contributed by atoms with E-state index in [0.29, 0.717) is 0 Å². The molecule has 3 heterocycles. The van der Waals surface area contributed by atoms with Crippen LogP contribution in [0.25, 0.3) is 5.52 Å². The Balaban J connectivity index is 2.00. The predicted molar refractivity (Wildman–Crippen MR) is 97.3 cm³/mol. The number of aromatic nitrogens is 1. The first kappa shape index (κ1) is 16.7. The number of fused-ring (bicyclic) bond motifs is 1. The van der Waals surface area contributed by atoms with Crippen molar-refractivity contribution in [2.75, 3.05) is 32.7 Å². The van der Waals surface area contributed by atoms with E-state index in [1.807, 2.05) is 6.07 Å². The lowest BCUT2D eigenvalue weighted by atomic mass is 10.0. The Morgan fingerprint density at radius 1 is 1.26 bits per heavy atom. The highest BCUT2D eigenvalue weighted by molar-refractivity contribution is 9.10. The predicted octanol–water partition coefficient (Wildman–Crippen LogP) is 3.52. The number of halogens is 1. The van der Waals surface area contributed by atoms with Crippen molar-refractivity contribution in [3.8, 4) is 0 Å². The molecular weight excluding hydrogens is 354 g/mol. The average molecular weight is 378 g/mol. The minimum Gasteiger partial charge on any atom is -0.318 e. The van der Waals surface area contributed by atoms with Crippen LogP contribution >= 0.6 is 15.9 Å². The molecule has 1 unspecified atom stereocenters. The Bertz CT molecular complexity index is 717. The average Bonchev–Trinajstić information content (AvgIpc) is 2.93. The highest BCUT2D eigenvalue weighted by atomic mass is 79.9.